The van der Waals surface area contributed by atoms with Gasteiger partial charge in [0, 0.05) is 11.5 Å². The zero-order valence-electron chi connectivity index (χ0n) is 25.4. The molecule has 7 atom stereocenters. The minimum atomic E-state index is -1.80. The second-order valence-corrected chi connectivity index (χ2v) is 26.0. The van der Waals surface area contributed by atoms with E-state index in [1.807, 2.05) is 0 Å². The van der Waals surface area contributed by atoms with Crippen LogP contribution in [0.2, 0.25) is 36.3 Å². The number of hydrogen-bond donors (Lipinski definition) is 0. The first-order valence-electron chi connectivity index (χ1n) is 14.9. The maximum atomic E-state index is 7.02. The Morgan fingerprint density at radius 3 is 2.03 bits per heavy atom. The van der Waals surface area contributed by atoms with E-state index in [1.165, 1.54) is 57.1 Å². The Morgan fingerprint density at radius 2 is 1.43 bits per heavy atom. The van der Waals surface area contributed by atoms with Crippen LogP contribution in [0.1, 0.15) is 107 Å². The average molecular weight is 519 g/mol. The molecule has 0 aromatic rings. The molecule has 0 aromatic heterocycles. The molecule has 2 nitrogen and oxygen atoms in total. The molecule has 4 rings (SSSR count). The van der Waals surface area contributed by atoms with E-state index in [-0.39, 0.29) is 10.5 Å². The standard InChI is InChI=1S/C31H58O2Si2/c1-28(2,3)34(9,10)32-23-17-19-30(7)22(21-23)13-14-24-25-15-16-27(31(25,8)20-18-26(24)30)33-35(11,12)29(4,5)6/h16,22-26H,13-15,17-21H2,1-12H3/t22-,23+,24?,25?,26?,30-,31-/m0/s1. The largest absolute Gasteiger partial charge is 0.546 e. The molecule has 4 aliphatic carbocycles. The lowest BCUT2D eigenvalue weighted by atomic mass is 9.45. The molecule has 202 valence electrons. The van der Waals surface area contributed by atoms with Gasteiger partial charge in [0.25, 0.3) is 0 Å². The summed E-state index contributed by atoms with van der Waals surface area (Å²) in [5.74, 6) is 4.80. The van der Waals surface area contributed by atoms with Crippen molar-refractivity contribution in [3.63, 3.8) is 0 Å². The van der Waals surface area contributed by atoms with Gasteiger partial charge in [-0.15, -0.1) is 0 Å². The predicted molar refractivity (Wildman–Crippen MR) is 156 cm³/mol. The molecule has 3 saturated carbocycles. The highest BCUT2D eigenvalue weighted by molar-refractivity contribution is 6.74. The van der Waals surface area contributed by atoms with Gasteiger partial charge < -0.3 is 8.85 Å². The fourth-order valence-electron chi connectivity index (χ4n) is 8.03. The quantitative estimate of drug-likeness (QED) is 0.345. The van der Waals surface area contributed by atoms with Gasteiger partial charge in [-0.2, -0.15) is 0 Å². The third-order valence-electron chi connectivity index (χ3n) is 12.6. The summed E-state index contributed by atoms with van der Waals surface area (Å²) in [7, 11) is -3.49. The normalized spacial score (nSPS) is 40.5. The SMILES string of the molecule is CC(C)(C)[Si](C)(C)OC1=CCC2C3CC[C@H]4C[C@H](O[Si](C)(C)C(C)(C)C)CC[C@]4(C)C3CC[C@]12C. The van der Waals surface area contributed by atoms with Crippen LogP contribution >= 0.6 is 0 Å². The summed E-state index contributed by atoms with van der Waals surface area (Å²) in [6, 6.07) is 0. The molecule has 3 fully saturated rings. The first-order chi connectivity index (χ1) is 15.8. The van der Waals surface area contributed by atoms with Crippen LogP contribution < -0.4 is 0 Å². The summed E-state index contributed by atoms with van der Waals surface area (Å²) in [5.41, 5.74) is 0.781. The van der Waals surface area contributed by atoms with Crippen molar-refractivity contribution in [2.24, 2.45) is 34.5 Å². The minimum absolute atomic E-state index is 0.260. The summed E-state index contributed by atoms with van der Waals surface area (Å²) >= 11 is 0. The summed E-state index contributed by atoms with van der Waals surface area (Å²) in [4.78, 5) is 0. The molecular formula is C31H58O2Si2. The van der Waals surface area contributed by atoms with E-state index in [4.69, 9.17) is 8.85 Å². The zero-order chi connectivity index (χ0) is 26.2. The molecule has 0 heterocycles. The smallest absolute Gasteiger partial charge is 0.250 e. The predicted octanol–water partition coefficient (Wildman–Crippen LogP) is 9.94. The van der Waals surface area contributed by atoms with E-state index in [0.29, 0.717) is 16.6 Å². The Labute approximate surface area is 220 Å². The molecular weight excluding hydrogens is 461 g/mol. The van der Waals surface area contributed by atoms with E-state index in [9.17, 15) is 0 Å². The molecule has 0 bridgehead atoms. The maximum Gasteiger partial charge on any atom is 0.250 e. The second kappa shape index (κ2) is 8.73. The van der Waals surface area contributed by atoms with Gasteiger partial charge >= 0.3 is 0 Å². The Morgan fingerprint density at radius 1 is 0.800 bits per heavy atom. The summed E-state index contributed by atoms with van der Waals surface area (Å²) in [6.07, 6.45) is 13.8. The van der Waals surface area contributed by atoms with Gasteiger partial charge in [-0.1, -0.05) is 55.4 Å². The molecule has 0 amide bonds. The van der Waals surface area contributed by atoms with Crippen LogP contribution in [0.15, 0.2) is 11.8 Å². The van der Waals surface area contributed by atoms with E-state index >= 15 is 0 Å². The molecule has 0 radical (unpaired) electrons. The van der Waals surface area contributed by atoms with Crippen molar-refractivity contribution < 1.29 is 8.85 Å². The summed E-state index contributed by atoms with van der Waals surface area (Å²) in [5, 5.41) is 0.565. The molecule has 0 saturated heterocycles. The van der Waals surface area contributed by atoms with Gasteiger partial charge in [0.2, 0.25) is 8.32 Å². The molecule has 35 heavy (non-hydrogen) atoms. The summed E-state index contributed by atoms with van der Waals surface area (Å²) in [6.45, 7) is 29.3. The highest BCUT2D eigenvalue weighted by atomic mass is 28.4. The number of allylic oxidation sites excluding steroid dienone is 2. The third-order valence-corrected chi connectivity index (χ3v) is 21.4. The molecule has 4 heteroatoms. The van der Waals surface area contributed by atoms with E-state index < -0.39 is 16.6 Å². The number of fused-ring (bicyclic) bond motifs is 5. The lowest BCUT2D eigenvalue weighted by molar-refractivity contribution is -0.119. The highest BCUT2D eigenvalue weighted by Crippen LogP contribution is 2.67. The lowest BCUT2D eigenvalue weighted by Gasteiger charge is -2.61. The van der Waals surface area contributed by atoms with Crippen LogP contribution in [0.3, 0.4) is 0 Å². The van der Waals surface area contributed by atoms with Gasteiger partial charge in [0.05, 0.1) is 5.76 Å². The monoisotopic (exact) mass is 518 g/mol. The van der Waals surface area contributed by atoms with Gasteiger partial charge in [0.15, 0.2) is 8.32 Å². The van der Waals surface area contributed by atoms with Crippen molar-refractivity contribution in [1.82, 2.24) is 0 Å². The maximum absolute atomic E-state index is 7.02. The topological polar surface area (TPSA) is 18.5 Å². The highest BCUT2D eigenvalue weighted by Gasteiger charge is 2.60. The van der Waals surface area contributed by atoms with Crippen molar-refractivity contribution in [3.05, 3.63) is 11.8 Å². The van der Waals surface area contributed by atoms with Gasteiger partial charge in [-0.05, 0) is 123 Å². The van der Waals surface area contributed by atoms with E-state index in [2.05, 4.69) is 87.7 Å². The molecule has 0 N–H and O–H groups in total. The van der Waals surface area contributed by atoms with Crippen molar-refractivity contribution in [3.8, 4) is 0 Å². The van der Waals surface area contributed by atoms with Gasteiger partial charge in [0.1, 0.15) is 0 Å². The van der Waals surface area contributed by atoms with Crippen LogP contribution in [0.4, 0.5) is 0 Å². The molecule has 0 aliphatic heterocycles. The van der Waals surface area contributed by atoms with Crippen LogP contribution in [0, 0.1) is 34.5 Å². The molecule has 4 aliphatic rings. The van der Waals surface area contributed by atoms with Crippen molar-refractivity contribution in [2.75, 3.05) is 0 Å². The Kier molecular flexibility index (Phi) is 6.97. The Bertz CT molecular complexity index is 832. The average Bonchev–Trinajstić information content (AvgIpc) is 3.02. The van der Waals surface area contributed by atoms with Gasteiger partial charge in [-0.3, -0.25) is 0 Å². The van der Waals surface area contributed by atoms with Crippen LogP contribution in [-0.4, -0.2) is 22.7 Å². The molecule has 0 aromatic carbocycles. The number of hydrogen-bond acceptors (Lipinski definition) is 2. The number of rotatable bonds is 4. The molecule has 0 spiro atoms. The fraction of sp³-hybridized carbons (Fsp3) is 0.935. The summed E-state index contributed by atoms with van der Waals surface area (Å²) < 4.78 is 14.0. The fourth-order valence-corrected chi connectivity index (χ4v) is 10.6. The first-order valence-corrected chi connectivity index (χ1v) is 20.7. The van der Waals surface area contributed by atoms with Crippen molar-refractivity contribution >= 4 is 16.6 Å². The van der Waals surface area contributed by atoms with Gasteiger partial charge in [-0.25, -0.2) is 0 Å². The molecule has 3 unspecified atom stereocenters. The minimum Gasteiger partial charge on any atom is -0.546 e. The van der Waals surface area contributed by atoms with Crippen LogP contribution in [0.5, 0.6) is 0 Å². The van der Waals surface area contributed by atoms with Crippen molar-refractivity contribution in [2.45, 2.75) is 149 Å². The second-order valence-electron chi connectivity index (χ2n) is 16.6. The Balaban J connectivity index is 1.47. The third kappa shape index (κ3) is 4.69. The van der Waals surface area contributed by atoms with Crippen LogP contribution in [-0.2, 0) is 8.85 Å². The zero-order valence-corrected chi connectivity index (χ0v) is 27.4. The van der Waals surface area contributed by atoms with E-state index in [0.717, 1.165) is 23.7 Å². The van der Waals surface area contributed by atoms with Crippen LogP contribution in [0.25, 0.3) is 0 Å². The van der Waals surface area contributed by atoms with Crippen molar-refractivity contribution in [1.29, 1.82) is 0 Å². The van der Waals surface area contributed by atoms with E-state index in [1.54, 1.807) is 0 Å². The Hall–Kier alpha value is -0.0662. The first kappa shape index (κ1) is 28.0. The lowest BCUT2D eigenvalue weighted by Crippen LogP contribution is -2.55.